The van der Waals surface area contributed by atoms with E-state index in [2.05, 4.69) is 10.1 Å². The molecule has 2 atom stereocenters. The minimum Gasteiger partial charge on any atom is -0.489 e. The van der Waals surface area contributed by atoms with E-state index in [0.29, 0.717) is 35.5 Å². The number of methoxy groups -OCH3 is 1. The molecule has 1 aliphatic rings. The number of primary amides is 1. The molecule has 40 heavy (non-hydrogen) atoms. The molecule has 1 heterocycles. The fourth-order valence-corrected chi connectivity index (χ4v) is 4.67. The highest BCUT2D eigenvalue weighted by Gasteiger charge is 2.37. The smallest absolute Gasteiger partial charge is 0.305 e. The second-order valence-corrected chi connectivity index (χ2v) is 9.65. The lowest BCUT2D eigenvalue weighted by Crippen LogP contribution is -2.45. The number of nitrogen functional groups attached to an aromatic ring is 1. The Morgan fingerprint density at radius 3 is 2.48 bits per heavy atom. The Kier molecular flexibility index (Phi) is 9.36. The normalized spacial score (nSPS) is 13.9. The monoisotopic (exact) mass is 546 g/mol. The van der Waals surface area contributed by atoms with Gasteiger partial charge >= 0.3 is 5.97 Å². The Labute approximate surface area is 232 Å². The van der Waals surface area contributed by atoms with Crippen LogP contribution >= 0.6 is 0 Å². The van der Waals surface area contributed by atoms with Crippen molar-refractivity contribution >= 4 is 23.5 Å². The molecule has 2 unspecified atom stereocenters. The van der Waals surface area contributed by atoms with Crippen LogP contribution in [0.15, 0.2) is 66.7 Å². The molecule has 3 aromatic rings. The van der Waals surface area contributed by atoms with Gasteiger partial charge in [-0.2, -0.15) is 0 Å². The number of nitrogens with zero attached hydrogens (tertiary/aromatic N) is 1. The van der Waals surface area contributed by atoms with Gasteiger partial charge in [0.1, 0.15) is 24.6 Å². The first-order valence-electron chi connectivity index (χ1n) is 13.0. The summed E-state index contributed by atoms with van der Waals surface area (Å²) in [4.78, 5) is 38.1. The van der Waals surface area contributed by atoms with Crippen molar-refractivity contribution in [2.75, 3.05) is 12.8 Å². The summed E-state index contributed by atoms with van der Waals surface area (Å²) in [6, 6.07) is 19.5. The predicted octanol–water partition coefficient (Wildman–Crippen LogP) is 2.26. The lowest BCUT2D eigenvalue weighted by molar-refractivity contribution is -0.141. The van der Waals surface area contributed by atoms with E-state index >= 15 is 0 Å². The predicted molar refractivity (Wildman–Crippen MR) is 149 cm³/mol. The molecule has 0 saturated carbocycles. The number of ether oxygens (including phenoxy) is 2. The molecule has 0 saturated heterocycles. The van der Waals surface area contributed by atoms with E-state index in [-0.39, 0.29) is 31.9 Å². The Bertz CT molecular complexity index is 1360. The van der Waals surface area contributed by atoms with E-state index in [1.54, 1.807) is 18.2 Å². The van der Waals surface area contributed by atoms with Crippen molar-refractivity contribution in [2.24, 2.45) is 5.73 Å². The molecule has 10 nitrogen and oxygen atoms in total. The molecule has 0 bridgehead atoms. The highest BCUT2D eigenvalue weighted by atomic mass is 16.5. The number of nitrogens with two attached hydrogens (primary N) is 2. The van der Waals surface area contributed by atoms with Gasteiger partial charge in [0.25, 0.3) is 5.91 Å². The number of benzene rings is 3. The van der Waals surface area contributed by atoms with E-state index in [9.17, 15) is 19.5 Å². The number of anilines is 1. The minimum atomic E-state index is -0.936. The number of hydrogen-bond donors (Lipinski definition) is 4. The van der Waals surface area contributed by atoms with Gasteiger partial charge in [0.2, 0.25) is 5.91 Å². The number of aliphatic hydroxyl groups is 1. The van der Waals surface area contributed by atoms with Crippen molar-refractivity contribution in [1.82, 2.24) is 10.2 Å². The van der Waals surface area contributed by atoms with Crippen molar-refractivity contribution in [3.05, 3.63) is 94.5 Å². The number of hydrogen-bond acceptors (Lipinski definition) is 8. The maximum atomic E-state index is 13.1. The van der Waals surface area contributed by atoms with E-state index in [4.69, 9.17) is 16.2 Å². The molecule has 0 aliphatic carbocycles. The van der Waals surface area contributed by atoms with Gasteiger partial charge in [-0.1, -0.05) is 48.5 Å². The number of nitrogens with one attached hydrogen (secondary N) is 1. The average Bonchev–Trinajstić information content (AvgIpc) is 3.28. The Morgan fingerprint density at radius 1 is 1.05 bits per heavy atom. The van der Waals surface area contributed by atoms with E-state index in [0.717, 1.165) is 16.7 Å². The number of rotatable bonds is 13. The molecule has 0 radical (unpaired) electrons. The fourth-order valence-electron chi connectivity index (χ4n) is 4.67. The standard InChI is InChI=1S/C30H34N4O6/c1-39-28(36)14-13-25(29(32)37)34-17-23-22(30(34)38)6-4-8-26(23)40-18-20-11-9-19(10-12-20)15-27(35)33-16-21-5-2-3-7-24(21)31/h2-12,25,27,33,35H,13-18,31H2,1H3,(H2,32,37). The first-order chi connectivity index (χ1) is 19.3. The molecule has 6 N–H and O–H groups in total. The highest BCUT2D eigenvalue weighted by Crippen LogP contribution is 2.33. The summed E-state index contributed by atoms with van der Waals surface area (Å²) in [6.07, 6.45) is -0.256. The van der Waals surface area contributed by atoms with Crippen LogP contribution in [0, 0.1) is 0 Å². The number of carbonyl (C=O) groups excluding carboxylic acids is 3. The number of para-hydroxylation sites is 1. The van der Waals surface area contributed by atoms with Crippen molar-refractivity contribution in [1.29, 1.82) is 0 Å². The number of aliphatic hydroxyl groups excluding tert-OH is 1. The Morgan fingerprint density at radius 2 is 1.77 bits per heavy atom. The van der Waals surface area contributed by atoms with Gasteiger partial charge in [-0.05, 0) is 41.3 Å². The molecule has 4 rings (SSSR count). The summed E-state index contributed by atoms with van der Waals surface area (Å²) in [5, 5.41) is 13.5. The maximum absolute atomic E-state index is 13.1. The van der Waals surface area contributed by atoms with Crippen molar-refractivity contribution in [3.8, 4) is 5.75 Å². The van der Waals surface area contributed by atoms with Crippen LogP contribution in [-0.4, -0.2) is 47.2 Å². The quantitative estimate of drug-likeness (QED) is 0.144. The van der Waals surface area contributed by atoms with Gasteiger partial charge in [0.15, 0.2) is 0 Å². The molecule has 2 amide bonds. The van der Waals surface area contributed by atoms with E-state index in [1.807, 2.05) is 48.5 Å². The summed E-state index contributed by atoms with van der Waals surface area (Å²) >= 11 is 0. The molecule has 0 fully saturated rings. The van der Waals surface area contributed by atoms with Gasteiger partial charge in [-0.15, -0.1) is 0 Å². The van der Waals surface area contributed by atoms with Gasteiger partial charge in [-0.3, -0.25) is 19.7 Å². The molecule has 10 heteroatoms. The van der Waals surface area contributed by atoms with E-state index < -0.39 is 24.1 Å². The fraction of sp³-hybridized carbons (Fsp3) is 0.300. The van der Waals surface area contributed by atoms with Gasteiger partial charge in [-0.25, -0.2) is 0 Å². The summed E-state index contributed by atoms with van der Waals surface area (Å²) in [6.45, 7) is 0.880. The second-order valence-electron chi connectivity index (χ2n) is 9.65. The molecule has 0 spiro atoms. The highest BCUT2D eigenvalue weighted by molar-refractivity contribution is 6.01. The Hall–Kier alpha value is -4.41. The first-order valence-corrected chi connectivity index (χ1v) is 13.0. The third-order valence-electron chi connectivity index (χ3n) is 6.94. The lowest BCUT2D eigenvalue weighted by atomic mass is 10.1. The molecular weight excluding hydrogens is 512 g/mol. The summed E-state index contributed by atoms with van der Waals surface area (Å²) in [5.41, 5.74) is 16.1. The van der Waals surface area contributed by atoms with Crippen molar-refractivity contribution < 1.29 is 29.0 Å². The molecule has 210 valence electrons. The molecule has 3 aromatic carbocycles. The number of esters is 1. The maximum Gasteiger partial charge on any atom is 0.305 e. The average molecular weight is 547 g/mol. The van der Waals surface area contributed by atoms with Crippen LogP contribution in [0.2, 0.25) is 0 Å². The summed E-state index contributed by atoms with van der Waals surface area (Å²) < 4.78 is 10.7. The molecule has 0 aromatic heterocycles. The zero-order valence-electron chi connectivity index (χ0n) is 22.3. The molecular formula is C30H34N4O6. The zero-order chi connectivity index (χ0) is 28.6. The van der Waals surface area contributed by atoms with Crippen LogP contribution in [0.4, 0.5) is 5.69 Å². The zero-order valence-corrected chi connectivity index (χ0v) is 22.3. The van der Waals surface area contributed by atoms with Crippen LogP contribution in [0.1, 0.15) is 45.5 Å². The third kappa shape index (κ3) is 6.96. The Balaban J connectivity index is 1.34. The van der Waals surface area contributed by atoms with Crippen LogP contribution in [-0.2, 0) is 40.4 Å². The molecule has 1 aliphatic heterocycles. The second kappa shape index (κ2) is 13.1. The van der Waals surface area contributed by atoms with E-state index in [1.165, 1.54) is 12.0 Å². The summed E-state index contributed by atoms with van der Waals surface area (Å²) in [7, 11) is 1.26. The number of fused-ring (bicyclic) bond motifs is 1. The van der Waals surface area contributed by atoms with Crippen LogP contribution in [0.25, 0.3) is 0 Å². The van der Waals surface area contributed by atoms with Gasteiger partial charge in [0.05, 0.1) is 13.7 Å². The lowest BCUT2D eigenvalue weighted by Gasteiger charge is -2.24. The van der Waals surface area contributed by atoms with Gasteiger partial charge < -0.3 is 30.9 Å². The summed E-state index contributed by atoms with van der Waals surface area (Å²) in [5.74, 6) is -0.959. The van der Waals surface area contributed by atoms with Crippen molar-refractivity contribution in [2.45, 2.75) is 51.2 Å². The number of carbonyl (C=O) groups is 3. The first kappa shape index (κ1) is 28.6. The van der Waals surface area contributed by atoms with Crippen molar-refractivity contribution in [3.63, 3.8) is 0 Å². The third-order valence-corrected chi connectivity index (χ3v) is 6.94. The van der Waals surface area contributed by atoms with Gasteiger partial charge in [0, 0.05) is 36.2 Å². The van der Waals surface area contributed by atoms with Crippen LogP contribution in [0.5, 0.6) is 5.75 Å². The van der Waals surface area contributed by atoms with Crippen LogP contribution in [0.3, 0.4) is 0 Å². The largest absolute Gasteiger partial charge is 0.489 e. The minimum absolute atomic E-state index is 0.0294. The topological polar surface area (TPSA) is 157 Å². The number of amides is 2. The SMILES string of the molecule is COC(=O)CCC(C(N)=O)N1Cc2c(OCc3ccc(CC(O)NCc4ccccc4N)cc3)cccc2C1=O. The van der Waals surface area contributed by atoms with Crippen LogP contribution < -0.4 is 21.5 Å².